The molecule has 0 unspecified atom stereocenters. The van der Waals surface area contributed by atoms with Crippen LogP contribution in [0, 0.1) is 0 Å². The molecule has 2 aromatic rings. The highest BCUT2D eigenvalue weighted by atomic mass is 79.9. The Hall–Kier alpha value is -0.620. The van der Waals surface area contributed by atoms with E-state index in [4.69, 9.17) is 22.1 Å². The van der Waals surface area contributed by atoms with Crippen LogP contribution in [0.25, 0.3) is 0 Å². The molecule has 1 aromatic heterocycles. The standard InChI is InChI=1S/C12H9Br2ClN2O/c13-8-4-9(14)12(17-6-8)18-11-2-1-7(5-16)3-10(11)15/h1-4,6H,5,16H2. The van der Waals surface area contributed by atoms with E-state index in [2.05, 4.69) is 36.8 Å². The van der Waals surface area contributed by atoms with Crippen LogP contribution in [0.2, 0.25) is 5.02 Å². The van der Waals surface area contributed by atoms with Crippen molar-refractivity contribution in [2.75, 3.05) is 0 Å². The number of hydrogen-bond donors (Lipinski definition) is 1. The summed E-state index contributed by atoms with van der Waals surface area (Å²) in [5.74, 6) is 1.00. The van der Waals surface area contributed by atoms with Gasteiger partial charge in [0.1, 0.15) is 5.75 Å². The fourth-order valence-corrected chi connectivity index (χ4v) is 2.65. The van der Waals surface area contributed by atoms with Gasteiger partial charge in [-0.25, -0.2) is 4.98 Å². The summed E-state index contributed by atoms with van der Waals surface area (Å²) in [6.07, 6.45) is 1.66. The van der Waals surface area contributed by atoms with E-state index in [-0.39, 0.29) is 0 Å². The van der Waals surface area contributed by atoms with Gasteiger partial charge in [0.25, 0.3) is 0 Å². The SMILES string of the molecule is NCc1ccc(Oc2ncc(Br)cc2Br)c(Cl)c1. The average Bonchev–Trinajstić information content (AvgIpc) is 2.34. The van der Waals surface area contributed by atoms with E-state index >= 15 is 0 Å². The quantitative estimate of drug-likeness (QED) is 0.836. The molecule has 2 N–H and O–H groups in total. The Morgan fingerprint density at radius 1 is 1.28 bits per heavy atom. The zero-order valence-corrected chi connectivity index (χ0v) is 13.1. The van der Waals surface area contributed by atoms with Gasteiger partial charge >= 0.3 is 0 Å². The molecule has 0 amide bonds. The molecule has 0 bridgehead atoms. The fourth-order valence-electron chi connectivity index (χ4n) is 1.34. The number of aromatic nitrogens is 1. The number of pyridine rings is 1. The van der Waals surface area contributed by atoms with Gasteiger partial charge in [-0.2, -0.15) is 0 Å². The Labute approximate surface area is 127 Å². The largest absolute Gasteiger partial charge is 0.436 e. The number of nitrogens with two attached hydrogens (primary N) is 1. The van der Waals surface area contributed by atoms with Crippen LogP contribution >= 0.6 is 43.5 Å². The summed E-state index contributed by atoms with van der Waals surface area (Å²) >= 11 is 12.8. The first-order valence-corrected chi connectivity index (χ1v) is 7.04. The molecule has 0 aliphatic rings. The Balaban J connectivity index is 2.28. The molecule has 0 saturated carbocycles. The van der Waals surface area contributed by atoms with E-state index < -0.39 is 0 Å². The smallest absolute Gasteiger partial charge is 0.233 e. The lowest BCUT2D eigenvalue weighted by molar-refractivity contribution is 0.459. The first-order valence-electron chi connectivity index (χ1n) is 5.07. The lowest BCUT2D eigenvalue weighted by Gasteiger charge is -2.09. The second kappa shape index (κ2) is 6.02. The maximum atomic E-state index is 6.11. The van der Waals surface area contributed by atoms with Gasteiger partial charge in [-0.05, 0) is 55.6 Å². The molecular formula is C12H9Br2ClN2O. The van der Waals surface area contributed by atoms with Crippen molar-refractivity contribution >= 4 is 43.5 Å². The molecule has 2 rings (SSSR count). The second-order valence-electron chi connectivity index (χ2n) is 3.51. The van der Waals surface area contributed by atoms with Crippen molar-refractivity contribution in [3.63, 3.8) is 0 Å². The number of halogens is 3. The van der Waals surface area contributed by atoms with E-state index in [1.54, 1.807) is 18.3 Å². The van der Waals surface area contributed by atoms with Gasteiger partial charge < -0.3 is 10.5 Å². The van der Waals surface area contributed by atoms with Crippen molar-refractivity contribution < 1.29 is 4.74 Å². The van der Waals surface area contributed by atoms with Gasteiger partial charge in [0.15, 0.2) is 0 Å². The molecule has 0 radical (unpaired) electrons. The highest BCUT2D eigenvalue weighted by Crippen LogP contribution is 2.33. The lowest BCUT2D eigenvalue weighted by Crippen LogP contribution is -1.96. The molecule has 1 aromatic carbocycles. The van der Waals surface area contributed by atoms with Crippen LogP contribution in [-0.4, -0.2) is 4.98 Å². The maximum absolute atomic E-state index is 6.11. The first kappa shape index (κ1) is 13.8. The van der Waals surface area contributed by atoms with Crippen molar-refractivity contribution in [1.82, 2.24) is 4.98 Å². The van der Waals surface area contributed by atoms with Crippen LogP contribution < -0.4 is 10.5 Å². The van der Waals surface area contributed by atoms with Gasteiger partial charge in [0.2, 0.25) is 5.88 Å². The van der Waals surface area contributed by atoms with Gasteiger partial charge in [-0.3, -0.25) is 0 Å². The predicted molar refractivity (Wildman–Crippen MR) is 79.1 cm³/mol. The minimum Gasteiger partial charge on any atom is -0.436 e. The van der Waals surface area contributed by atoms with Crippen LogP contribution in [0.15, 0.2) is 39.4 Å². The highest BCUT2D eigenvalue weighted by molar-refractivity contribution is 9.11. The number of benzene rings is 1. The maximum Gasteiger partial charge on any atom is 0.233 e. The third-order valence-corrected chi connectivity index (χ3v) is 3.51. The van der Waals surface area contributed by atoms with Crippen LogP contribution in [0.1, 0.15) is 5.56 Å². The van der Waals surface area contributed by atoms with Crippen molar-refractivity contribution in [2.24, 2.45) is 5.73 Å². The minimum atomic E-state index is 0.445. The summed E-state index contributed by atoms with van der Waals surface area (Å²) in [7, 11) is 0. The van der Waals surface area contributed by atoms with Gasteiger partial charge in [-0.1, -0.05) is 17.7 Å². The molecular weight excluding hydrogens is 383 g/mol. The molecule has 0 aliphatic carbocycles. The predicted octanol–water partition coefficient (Wildman–Crippen LogP) is 4.51. The Kier molecular flexibility index (Phi) is 4.61. The number of rotatable bonds is 3. The molecule has 6 heteroatoms. The summed E-state index contributed by atoms with van der Waals surface area (Å²) < 4.78 is 7.26. The monoisotopic (exact) mass is 390 g/mol. The molecule has 0 aliphatic heterocycles. The van der Waals surface area contributed by atoms with Crippen molar-refractivity contribution in [3.8, 4) is 11.6 Å². The van der Waals surface area contributed by atoms with E-state index in [9.17, 15) is 0 Å². The molecule has 3 nitrogen and oxygen atoms in total. The lowest BCUT2D eigenvalue weighted by atomic mass is 10.2. The first-order chi connectivity index (χ1) is 8.60. The van der Waals surface area contributed by atoms with Gasteiger partial charge in [-0.15, -0.1) is 0 Å². The topological polar surface area (TPSA) is 48.1 Å². The highest BCUT2D eigenvalue weighted by Gasteiger charge is 2.08. The third kappa shape index (κ3) is 3.23. The van der Waals surface area contributed by atoms with Crippen LogP contribution in [0.4, 0.5) is 0 Å². The van der Waals surface area contributed by atoms with Gasteiger partial charge in [0, 0.05) is 17.2 Å². The van der Waals surface area contributed by atoms with Gasteiger partial charge in [0.05, 0.1) is 9.50 Å². The summed E-state index contributed by atoms with van der Waals surface area (Å²) in [4.78, 5) is 4.16. The molecule has 1 heterocycles. The molecule has 0 fully saturated rings. The van der Waals surface area contributed by atoms with E-state index in [1.807, 2.05) is 12.1 Å². The zero-order valence-electron chi connectivity index (χ0n) is 9.16. The molecule has 18 heavy (non-hydrogen) atoms. The van der Waals surface area contributed by atoms with E-state index in [0.29, 0.717) is 23.2 Å². The molecule has 94 valence electrons. The zero-order chi connectivity index (χ0) is 13.1. The van der Waals surface area contributed by atoms with E-state index in [0.717, 1.165) is 14.5 Å². The van der Waals surface area contributed by atoms with E-state index in [1.165, 1.54) is 0 Å². The van der Waals surface area contributed by atoms with Crippen LogP contribution in [0.3, 0.4) is 0 Å². The Morgan fingerprint density at radius 2 is 2.06 bits per heavy atom. The third-order valence-electron chi connectivity index (χ3n) is 2.21. The van der Waals surface area contributed by atoms with Crippen molar-refractivity contribution in [3.05, 3.63) is 50.0 Å². The van der Waals surface area contributed by atoms with Crippen LogP contribution in [-0.2, 0) is 6.54 Å². The Bertz CT molecular complexity index is 578. The number of hydrogen-bond acceptors (Lipinski definition) is 3. The summed E-state index contributed by atoms with van der Waals surface area (Å²) in [5.41, 5.74) is 6.49. The molecule has 0 atom stereocenters. The number of nitrogens with zero attached hydrogens (tertiary/aromatic N) is 1. The average molecular weight is 392 g/mol. The Morgan fingerprint density at radius 3 is 2.67 bits per heavy atom. The molecule has 0 saturated heterocycles. The van der Waals surface area contributed by atoms with Crippen molar-refractivity contribution in [1.29, 1.82) is 0 Å². The summed E-state index contributed by atoms with van der Waals surface area (Å²) in [6, 6.07) is 7.28. The molecule has 0 spiro atoms. The second-order valence-corrected chi connectivity index (χ2v) is 5.69. The van der Waals surface area contributed by atoms with Crippen LogP contribution in [0.5, 0.6) is 11.6 Å². The van der Waals surface area contributed by atoms with Crippen molar-refractivity contribution in [2.45, 2.75) is 6.54 Å². The number of ether oxygens (including phenoxy) is 1. The minimum absolute atomic E-state index is 0.445. The normalized spacial score (nSPS) is 10.4. The summed E-state index contributed by atoms with van der Waals surface area (Å²) in [5, 5.41) is 0.509. The fraction of sp³-hybridized carbons (Fsp3) is 0.0833. The summed E-state index contributed by atoms with van der Waals surface area (Å²) in [6.45, 7) is 0.445.